The molecule has 0 aliphatic heterocycles. The molecule has 0 saturated carbocycles. The zero-order valence-electron chi connectivity index (χ0n) is 17.5. The Bertz CT molecular complexity index is 1230. The SMILES string of the molecule is COc1cc(OC)c(NC(=O)c2ccc(S(=O)(=O)Nc3ccccc3OC)cc2)cc1Cl. The van der Waals surface area contributed by atoms with Crippen LogP contribution in [0.15, 0.2) is 65.6 Å². The van der Waals surface area contributed by atoms with E-state index in [9.17, 15) is 13.2 Å². The number of benzene rings is 3. The molecule has 1 amide bonds. The van der Waals surface area contributed by atoms with Gasteiger partial charge in [-0.15, -0.1) is 0 Å². The molecule has 0 unspecified atom stereocenters. The predicted octanol–water partition coefficient (Wildman–Crippen LogP) is 4.42. The smallest absolute Gasteiger partial charge is 0.262 e. The van der Waals surface area contributed by atoms with E-state index in [2.05, 4.69) is 10.0 Å². The third kappa shape index (κ3) is 5.06. The largest absolute Gasteiger partial charge is 0.495 e. The summed E-state index contributed by atoms with van der Waals surface area (Å²) in [6, 6.07) is 15.2. The average Bonchev–Trinajstić information content (AvgIpc) is 2.79. The van der Waals surface area contributed by atoms with E-state index in [1.54, 1.807) is 30.3 Å². The monoisotopic (exact) mass is 476 g/mol. The first-order valence-corrected chi connectivity index (χ1v) is 11.1. The van der Waals surface area contributed by atoms with E-state index in [4.69, 9.17) is 25.8 Å². The second kappa shape index (κ2) is 9.80. The lowest BCUT2D eigenvalue weighted by Crippen LogP contribution is -2.15. The summed E-state index contributed by atoms with van der Waals surface area (Å²) < 4.78 is 43.5. The molecule has 8 nitrogen and oxygen atoms in total. The summed E-state index contributed by atoms with van der Waals surface area (Å²) in [7, 11) is 0.486. The number of carbonyl (C=O) groups is 1. The fourth-order valence-electron chi connectivity index (χ4n) is 2.87. The van der Waals surface area contributed by atoms with E-state index >= 15 is 0 Å². The van der Waals surface area contributed by atoms with Crippen molar-refractivity contribution >= 4 is 38.9 Å². The summed E-state index contributed by atoms with van der Waals surface area (Å²) in [6.45, 7) is 0. The second-order valence-corrected chi connectivity index (χ2v) is 8.56. The first kappa shape index (κ1) is 23.2. The normalized spacial score (nSPS) is 10.9. The van der Waals surface area contributed by atoms with E-state index in [1.165, 1.54) is 51.7 Å². The molecule has 168 valence electrons. The number of para-hydroxylation sites is 2. The summed E-state index contributed by atoms with van der Waals surface area (Å²) in [5.41, 5.74) is 0.897. The Morgan fingerprint density at radius 2 is 1.44 bits per heavy atom. The van der Waals surface area contributed by atoms with Crippen LogP contribution in [0.4, 0.5) is 11.4 Å². The van der Waals surface area contributed by atoms with Gasteiger partial charge in [0.05, 0.1) is 42.6 Å². The predicted molar refractivity (Wildman–Crippen MR) is 123 cm³/mol. The molecule has 0 heterocycles. The van der Waals surface area contributed by atoms with Crippen LogP contribution in [-0.2, 0) is 10.0 Å². The van der Waals surface area contributed by atoms with Gasteiger partial charge in [-0.25, -0.2) is 8.42 Å². The molecular formula is C22H21ClN2O6S. The Hall–Kier alpha value is -3.43. The minimum atomic E-state index is -3.88. The van der Waals surface area contributed by atoms with Crippen molar-refractivity contribution in [3.05, 3.63) is 71.2 Å². The Kier molecular flexibility index (Phi) is 7.12. The Morgan fingerprint density at radius 1 is 0.812 bits per heavy atom. The Balaban J connectivity index is 1.79. The van der Waals surface area contributed by atoms with Crippen molar-refractivity contribution in [2.24, 2.45) is 0 Å². The summed E-state index contributed by atoms with van der Waals surface area (Å²) in [4.78, 5) is 12.7. The van der Waals surface area contributed by atoms with Crippen molar-refractivity contribution < 1.29 is 27.4 Å². The summed E-state index contributed by atoms with van der Waals surface area (Å²) >= 11 is 6.13. The molecule has 0 fully saturated rings. The standard InChI is InChI=1S/C22H21ClN2O6S/c1-29-19-7-5-4-6-17(19)25-32(27,28)15-10-8-14(9-11-15)22(26)24-18-12-16(23)20(30-2)13-21(18)31-3/h4-13,25H,1-3H3,(H,24,26). The Morgan fingerprint density at radius 3 is 2.06 bits per heavy atom. The van der Waals surface area contributed by atoms with Gasteiger partial charge in [-0.1, -0.05) is 23.7 Å². The van der Waals surface area contributed by atoms with Gasteiger partial charge < -0.3 is 19.5 Å². The number of hydrogen-bond acceptors (Lipinski definition) is 6. The highest BCUT2D eigenvalue weighted by atomic mass is 35.5. The van der Waals surface area contributed by atoms with Gasteiger partial charge in [0.25, 0.3) is 15.9 Å². The van der Waals surface area contributed by atoms with E-state index in [0.717, 1.165) is 0 Å². The third-order valence-electron chi connectivity index (χ3n) is 4.50. The number of ether oxygens (including phenoxy) is 3. The molecule has 2 N–H and O–H groups in total. The molecule has 0 spiro atoms. The number of sulfonamides is 1. The van der Waals surface area contributed by atoms with Crippen LogP contribution in [-0.4, -0.2) is 35.7 Å². The molecule has 3 rings (SSSR count). The molecule has 3 aromatic carbocycles. The van der Waals surface area contributed by atoms with Crippen LogP contribution in [0.25, 0.3) is 0 Å². The van der Waals surface area contributed by atoms with Gasteiger partial charge in [-0.2, -0.15) is 0 Å². The zero-order chi connectivity index (χ0) is 23.3. The molecule has 32 heavy (non-hydrogen) atoms. The van der Waals surface area contributed by atoms with Crippen molar-refractivity contribution in [1.82, 2.24) is 0 Å². The number of methoxy groups -OCH3 is 3. The maximum absolute atomic E-state index is 12.7. The minimum absolute atomic E-state index is 0.00923. The van der Waals surface area contributed by atoms with E-state index in [0.29, 0.717) is 33.6 Å². The van der Waals surface area contributed by atoms with Crippen LogP contribution in [0.1, 0.15) is 10.4 Å². The molecule has 3 aromatic rings. The molecular weight excluding hydrogens is 456 g/mol. The fraction of sp³-hybridized carbons (Fsp3) is 0.136. The zero-order valence-corrected chi connectivity index (χ0v) is 19.1. The summed E-state index contributed by atoms with van der Waals surface area (Å²) in [5.74, 6) is 0.684. The fourth-order valence-corrected chi connectivity index (χ4v) is 4.18. The van der Waals surface area contributed by atoms with Crippen LogP contribution in [0.3, 0.4) is 0 Å². The highest BCUT2D eigenvalue weighted by molar-refractivity contribution is 7.92. The molecule has 0 saturated heterocycles. The molecule has 10 heteroatoms. The van der Waals surface area contributed by atoms with Crippen molar-refractivity contribution in [2.45, 2.75) is 4.90 Å². The molecule has 0 aliphatic rings. The number of hydrogen-bond donors (Lipinski definition) is 2. The lowest BCUT2D eigenvalue weighted by molar-refractivity contribution is 0.102. The number of nitrogens with one attached hydrogen (secondary N) is 2. The van der Waals surface area contributed by atoms with Gasteiger partial charge in [-0.05, 0) is 42.5 Å². The number of anilines is 2. The van der Waals surface area contributed by atoms with Crippen molar-refractivity contribution in [3.63, 3.8) is 0 Å². The molecule has 0 radical (unpaired) electrons. The maximum Gasteiger partial charge on any atom is 0.262 e. The molecule has 0 aliphatic carbocycles. The van der Waals surface area contributed by atoms with Crippen LogP contribution in [0.5, 0.6) is 17.2 Å². The van der Waals surface area contributed by atoms with Gasteiger partial charge >= 0.3 is 0 Å². The highest BCUT2D eigenvalue weighted by Crippen LogP contribution is 2.36. The number of rotatable bonds is 8. The summed E-state index contributed by atoms with van der Waals surface area (Å²) in [6.07, 6.45) is 0. The maximum atomic E-state index is 12.7. The van der Waals surface area contributed by atoms with E-state index in [-0.39, 0.29) is 10.5 Å². The van der Waals surface area contributed by atoms with E-state index in [1.807, 2.05) is 0 Å². The number of amides is 1. The van der Waals surface area contributed by atoms with Gasteiger partial charge in [0.15, 0.2) is 0 Å². The average molecular weight is 477 g/mol. The lowest BCUT2D eigenvalue weighted by atomic mass is 10.2. The Labute approximate surface area is 191 Å². The van der Waals surface area contributed by atoms with Crippen molar-refractivity contribution in [2.75, 3.05) is 31.4 Å². The van der Waals surface area contributed by atoms with Gasteiger partial charge in [0.2, 0.25) is 0 Å². The van der Waals surface area contributed by atoms with Gasteiger partial charge in [0.1, 0.15) is 17.2 Å². The highest BCUT2D eigenvalue weighted by Gasteiger charge is 2.18. The molecule has 0 atom stereocenters. The van der Waals surface area contributed by atoms with Crippen molar-refractivity contribution in [3.8, 4) is 17.2 Å². The lowest BCUT2D eigenvalue weighted by Gasteiger charge is -2.14. The topological polar surface area (TPSA) is 103 Å². The van der Waals surface area contributed by atoms with Crippen molar-refractivity contribution in [1.29, 1.82) is 0 Å². The van der Waals surface area contributed by atoms with Crippen LogP contribution in [0.2, 0.25) is 5.02 Å². The van der Waals surface area contributed by atoms with Crippen LogP contribution < -0.4 is 24.2 Å². The minimum Gasteiger partial charge on any atom is -0.495 e. The van der Waals surface area contributed by atoms with Crippen LogP contribution >= 0.6 is 11.6 Å². The second-order valence-electron chi connectivity index (χ2n) is 6.47. The molecule has 0 bridgehead atoms. The van der Waals surface area contributed by atoms with Gasteiger partial charge in [0, 0.05) is 11.6 Å². The van der Waals surface area contributed by atoms with Crippen LogP contribution in [0, 0.1) is 0 Å². The summed E-state index contributed by atoms with van der Waals surface area (Å²) in [5, 5.41) is 3.00. The number of halogens is 1. The first-order valence-electron chi connectivity index (χ1n) is 9.28. The third-order valence-corrected chi connectivity index (χ3v) is 6.18. The quantitative estimate of drug-likeness (QED) is 0.499. The van der Waals surface area contributed by atoms with E-state index < -0.39 is 15.9 Å². The number of carbonyl (C=O) groups excluding carboxylic acids is 1. The molecule has 0 aromatic heterocycles. The van der Waals surface area contributed by atoms with Gasteiger partial charge in [-0.3, -0.25) is 9.52 Å². The first-order chi connectivity index (χ1) is 15.3.